The molecule has 1 heterocycles. The van der Waals surface area contributed by atoms with Gasteiger partial charge in [0.25, 0.3) is 0 Å². The Morgan fingerprint density at radius 2 is 1.81 bits per heavy atom. The molecule has 0 aliphatic carbocycles. The van der Waals surface area contributed by atoms with Gasteiger partial charge in [0.1, 0.15) is 9.96 Å². The number of thiophene rings is 1. The number of phenols is 1. The number of nitrogens with two attached hydrogens (primary N) is 1. The molecule has 1 aromatic carbocycles. The van der Waals surface area contributed by atoms with Crippen LogP contribution >= 0.6 is 11.3 Å². The van der Waals surface area contributed by atoms with Crippen LogP contribution in [0.5, 0.6) is 5.75 Å². The molecule has 2 aromatic rings. The second kappa shape index (κ2) is 7.65. The van der Waals surface area contributed by atoms with Gasteiger partial charge < -0.3 is 10.0 Å². The van der Waals surface area contributed by atoms with Gasteiger partial charge >= 0.3 is 0 Å². The van der Waals surface area contributed by atoms with Crippen molar-refractivity contribution in [3.63, 3.8) is 0 Å². The summed E-state index contributed by atoms with van der Waals surface area (Å²) in [5.41, 5.74) is 0.614. The van der Waals surface area contributed by atoms with Crippen LogP contribution in [0.2, 0.25) is 0 Å². The number of benzene rings is 1. The lowest BCUT2D eigenvalue weighted by atomic mass is 10.1. The zero-order valence-corrected chi connectivity index (χ0v) is 17.2. The fourth-order valence-electron chi connectivity index (χ4n) is 2.55. The average Bonchev–Trinajstić information content (AvgIpc) is 2.99. The quantitative estimate of drug-likeness (QED) is 0.710. The lowest BCUT2D eigenvalue weighted by molar-refractivity contribution is 0.284. The smallest absolute Gasteiger partial charge is 0.247 e. The highest BCUT2D eigenvalue weighted by atomic mass is 32.2. The highest BCUT2D eigenvalue weighted by Gasteiger charge is 2.23. The van der Waals surface area contributed by atoms with Crippen LogP contribution < -0.4 is 5.14 Å². The van der Waals surface area contributed by atoms with Crippen LogP contribution in [-0.4, -0.2) is 40.4 Å². The molecule has 0 fully saturated rings. The summed E-state index contributed by atoms with van der Waals surface area (Å²) < 4.78 is 47.8. The minimum atomic E-state index is -3.96. The van der Waals surface area contributed by atoms with Crippen LogP contribution in [0.3, 0.4) is 0 Å². The maximum atomic E-state index is 12.7. The summed E-state index contributed by atoms with van der Waals surface area (Å²) in [6.07, 6.45) is 0. The minimum Gasteiger partial charge on any atom is -0.508 e. The van der Waals surface area contributed by atoms with Crippen molar-refractivity contribution in [2.75, 3.05) is 13.6 Å². The fraction of sp³-hybridized carbons (Fsp3) is 0.375. The Labute approximate surface area is 158 Å². The number of sulfone groups is 1. The summed E-state index contributed by atoms with van der Waals surface area (Å²) in [5, 5.41) is 16.5. The second-order valence-electron chi connectivity index (χ2n) is 6.53. The number of sulfonamides is 1. The van der Waals surface area contributed by atoms with Gasteiger partial charge in [-0.05, 0) is 31.2 Å². The monoisotopic (exact) mass is 418 g/mol. The molecule has 144 valence electrons. The molecule has 1 aromatic heterocycles. The number of hydrogen-bond acceptors (Lipinski definition) is 7. The lowest BCUT2D eigenvalue weighted by Crippen LogP contribution is -2.22. The summed E-state index contributed by atoms with van der Waals surface area (Å²) in [6.45, 7) is 5.49. The van der Waals surface area contributed by atoms with E-state index in [1.165, 1.54) is 17.5 Å². The predicted octanol–water partition coefficient (Wildman–Crippen LogP) is 2.02. The normalized spacial score (nSPS) is 12.8. The van der Waals surface area contributed by atoms with Crippen molar-refractivity contribution in [2.45, 2.75) is 34.4 Å². The standard InChI is InChI=1S/C16H22N2O5S3/c1-11(2)8-18(3)9-12-4-5-13(6-15(12)19)25(20,21)14-7-16(24-10-14)26(17,22)23/h4-7,10-11,19H,8-9H2,1-3H3,(H2,17,22,23). The molecule has 10 heteroatoms. The summed E-state index contributed by atoms with van der Waals surface area (Å²) >= 11 is 0.738. The number of hydrogen-bond donors (Lipinski definition) is 2. The third-order valence-electron chi connectivity index (χ3n) is 3.63. The zero-order valence-electron chi connectivity index (χ0n) is 14.7. The number of primary sulfonamides is 1. The van der Waals surface area contributed by atoms with Crippen LogP contribution in [0.1, 0.15) is 19.4 Å². The Balaban J connectivity index is 2.31. The fourth-order valence-corrected chi connectivity index (χ4v) is 5.88. The summed E-state index contributed by atoms with van der Waals surface area (Å²) in [5.74, 6) is 0.344. The van der Waals surface area contributed by atoms with Crippen molar-refractivity contribution >= 4 is 31.2 Å². The Hall–Kier alpha value is -1.46. The van der Waals surface area contributed by atoms with Gasteiger partial charge in [0.15, 0.2) is 0 Å². The first-order chi connectivity index (χ1) is 11.9. The third kappa shape index (κ3) is 4.83. The van der Waals surface area contributed by atoms with E-state index in [1.54, 1.807) is 6.07 Å². The molecular weight excluding hydrogens is 396 g/mol. The lowest BCUT2D eigenvalue weighted by Gasteiger charge is -2.19. The zero-order chi connectivity index (χ0) is 19.7. The SMILES string of the molecule is CC(C)CN(C)Cc1ccc(S(=O)(=O)c2csc(S(N)(=O)=O)c2)cc1O. The first-order valence-electron chi connectivity index (χ1n) is 7.78. The van der Waals surface area contributed by atoms with E-state index in [9.17, 15) is 21.9 Å². The van der Waals surface area contributed by atoms with Crippen LogP contribution in [0, 0.1) is 5.92 Å². The summed E-state index contributed by atoms with van der Waals surface area (Å²) in [6, 6.07) is 5.17. The first kappa shape index (κ1) is 20.8. The maximum Gasteiger partial charge on any atom is 0.247 e. The number of rotatable bonds is 7. The van der Waals surface area contributed by atoms with Gasteiger partial charge in [0, 0.05) is 24.0 Å². The highest BCUT2D eigenvalue weighted by molar-refractivity contribution is 7.92. The molecule has 0 atom stereocenters. The number of aromatic hydroxyl groups is 1. The largest absolute Gasteiger partial charge is 0.508 e. The Kier molecular flexibility index (Phi) is 6.13. The average molecular weight is 419 g/mol. The molecule has 26 heavy (non-hydrogen) atoms. The van der Waals surface area contributed by atoms with Crippen molar-refractivity contribution < 1.29 is 21.9 Å². The van der Waals surface area contributed by atoms with Crippen molar-refractivity contribution in [1.29, 1.82) is 0 Å². The molecular formula is C16H22N2O5S3. The summed E-state index contributed by atoms with van der Waals surface area (Å²) in [4.78, 5) is 1.75. The molecule has 0 saturated heterocycles. The molecule has 0 spiro atoms. The molecule has 2 rings (SSSR count). The van der Waals surface area contributed by atoms with Crippen molar-refractivity contribution in [2.24, 2.45) is 11.1 Å². The van der Waals surface area contributed by atoms with E-state index >= 15 is 0 Å². The van der Waals surface area contributed by atoms with Crippen molar-refractivity contribution in [3.8, 4) is 5.75 Å². The van der Waals surface area contributed by atoms with E-state index in [0.29, 0.717) is 18.0 Å². The third-order valence-corrected chi connectivity index (χ3v) is 7.89. The predicted molar refractivity (Wildman–Crippen MR) is 100 cm³/mol. The van der Waals surface area contributed by atoms with E-state index in [-0.39, 0.29) is 19.7 Å². The van der Waals surface area contributed by atoms with E-state index in [1.807, 2.05) is 11.9 Å². The van der Waals surface area contributed by atoms with Gasteiger partial charge in [-0.25, -0.2) is 22.0 Å². The van der Waals surface area contributed by atoms with E-state index in [4.69, 9.17) is 5.14 Å². The van der Waals surface area contributed by atoms with Crippen molar-refractivity contribution in [3.05, 3.63) is 35.2 Å². The maximum absolute atomic E-state index is 12.7. The molecule has 0 bridgehead atoms. The second-order valence-corrected chi connectivity index (χ2v) is 11.2. The molecule has 0 aliphatic heterocycles. The first-order valence-corrected chi connectivity index (χ1v) is 11.7. The van der Waals surface area contributed by atoms with Gasteiger partial charge in [-0.2, -0.15) is 0 Å². The molecule has 0 amide bonds. The summed E-state index contributed by atoms with van der Waals surface area (Å²) in [7, 11) is -5.99. The van der Waals surface area contributed by atoms with Gasteiger partial charge in [0.2, 0.25) is 19.9 Å². The Bertz CT molecular complexity index is 995. The van der Waals surface area contributed by atoms with Crippen molar-refractivity contribution in [1.82, 2.24) is 4.90 Å². The minimum absolute atomic E-state index is 0.107. The van der Waals surface area contributed by atoms with Gasteiger partial charge in [0.05, 0.1) is 9.79 Å². The topological polar surface area (TPSA) is 118 Å². The Morgan fingerprint density at radius 1 is 1.15 bits per heavy atom. The molecule has 0 aliphatic rings. The van der Waals surface area contributed by atoms with E-state index in [0.717, 1.165) is 23.9 Å². The van der Waals surface area contributed by atoms with Gasteiger partial charge in [-0.1, -0.05) is 19.9 Å². The molecule has 7 nitrogen and oxygen atoms in total. The van der Waals surface area contributed by atoms with Gasteiger partial charge in [-0.3, -0.25) is 0 Å². The van der Waals surface area contributed by atoms with Crippen LogP contribution in [0.15, 0.2) is 43.6 Å². The molecule has 0 unspecified atom stereocenters. The molecule has 0 saturated carbocycles. The number of phenolic OH excluding ortho intramolecular Hbond substituents is 1. The molecule has 0 radical (unpaired) electrons. The van der Waals surface area contributed by atoms with Gasteiger partial charge in [-0.15, -0.1) is 11.3 Å². The van der Waals surface area contributed by atoms with Crippen LogP contribution in [0.25, 0.3) is 0 Å². The van der Waals surface area contributed by atoms with E-state index in [2.05, 4.69) is 13.8 Å². The number of nitrogens with zero attached hydrogens (tertiary/aromatic N) is 1. The van der Waals surface area contributed by atoms with Crippen LogP contribution in [0.4, 0.5) is 0 Å². The van der Waals surface area contributed by atoms with E-state index < -0.39 is 19.9 Å². The van der Waals surface area contributed by atoms with Crippen LogP contribution in [-0.2, 0) is 26.4 Å². The molecule has 3 N–H and O–H groups in total. The Morgan fingerprint density at radius 3 is 2.31 bits per heavy atom. The highest BCUT2D eigenvalue weighted by Crippen LogP contribution is 2.30.